The molecular weight excluding hydrogens is 328 g/mol. The number of thioether (sulfide) groups is 2. The monoisotopic (exact) mass is 352 g/mol. The molecule has 0 radical (unpaired) electrons. The zero-order chi connectivity index (χ0) is 16.0. The quantitative estimate of drug-likeness (QED) is 0.726. The van der Waals surface area contributed by atoms with E-state index >= 15 is 0 Å². The van der Waals surface area contributed by atoms with Crippen LogP contribution < -0.4 is 0 Å². The minimum Gasteiger partial charge on any atom is -0.374 e. The number of ether oxygens (including phenoxy) is 2. The summed E-state index contributed by atoms with van der Waals surface area (Å²) in [5.41, 5.74) is 1.18. The molecule has 0 aliphatic carbocycles. The number of aldehydes is 1. The third kappa shape index (κ3) is 4.99. The van der Waals surface area contributed by atoms with Crippen molar-refractivity contribution in [3.05, 3.63) is 35.9 Å². The third-order valence-corrected chi connectivity index (χ3v) is 7.67. The average Bonchev–Trinajstić information content (AvgIpc) is 2.56. The van der Waals surface area contributed by atoms with Gasteiger partial charge >= 0.3 is 0 Å². The summed E-state index contributed by atoms with van der Waals surface area (Å²) in [4.78, 5) is 10.9. The second-order valence-corrected chi connectivity index (χ2v) is 9.37. The van der Waals surface area contributed by atoms with Gasteiger partial charge in [0.1, 0.15) is 6.29 Å². The predicted octanol–water partition coefficient (Wildman–Crippen LogP) is 3.91. The number of carbonyl (C=O) groups excluding carboxylic acids is 1. The van der Waals surface area contributed by atoms with Crippen molar-refractivity contribution in [2.24, 2.45) is 0 Å². The van der Waals surface area contributed by atoms with Gasteiger partial charge in [0.25, 0.3) is 0 Å². The van der Waals surface area contributed by atoms with E-state index in [9.17, 15) is 4.79 Å². The second kappa shape index (κ2) is 8.56. The second-order valence-electron chi connectivity index (χ2n) is 6.15. The molecule has 1 aromatic carbocycles. The summed E-state index contributed by atoms with van der Waals surface area (Å²) < 4.78 is 12.2. The van der Waals surface area contributed by atoms with Crippen LogP contribution in [0.25, 0.3) is 0 Å². The van der Waals surface area contributed by atoms with Gasteiger partial charge in [-0.25, -0.2) is 0 Å². The van der Waals surface area contributed by atoms with Crippen molar-refractivity contribution >= 4 is 29.8 Å². The molecule has 0 aromatic heterocycles. The SMILES string of the molecule is O=CC[C@H]1CC2(C[C@@H](COCc3ccccc3)O1)SCCCS2. The van der Waals surface area contributed by atoms with Crippen molar-refractivity contribution in [2.75, 3.05) is 18.1 Å². The van der Waals surface area contributed by atoms with E-state index in [2.05, 4.69) is 35.7 Å². The fraction of sp³-hybridized carbons (Fsp3) is 0.611. The summed E-state index contributed by atoms with van der Waals surface area (Å²) in [6.07, 6.45) is 4.91. The molecule has 2 aliphatic heterocycles. The van der Waals surface area contributed by atoms with Crippen LogP contribution in [0.5, 0.6) is 0 Å². The average molecular weight is 353 g/mol. The van der Waals surface area contributed by atoms with Crippen LogP contribution in [0.3, 0.4) is 0 Å². The summed E-state index contributed by atoms with van der Waals surface area (Å²) >= 11 is 4.12. The molecule has 3 nitrogen and oxygen atoms in total. The molecule has 0 N–H and O–H groups in total. The largest absolute Gasteiger partial charge is 0.374 e. The molecule has 23 heavy (non-hydrogen) atoms. The highest BCUT2D eigenvalue weighted by Gasteiger charge is 2.43. The van der Waals surface area contributed by atoms with Gasteiger partial charge in [-0.05, 0) is 36.3 Å². The molecule has 126 valence electrons. The molecule has 2 aliphatic rings. The maximum Gasteiger partial charge on any atom is 0.122 e. The Kier molecular flexibility index (Phi) is 6.45. The molecule has 2 fully saturated rings. The van der Waals surface area contributed by atoms with Crippen LogP contribution in [0.4, 0.5) is 0 Å². The smallest absolute Gasteiger partial charge is 0.122 e. The number of hydrogen-bond donors (Lipinski definition) is 0. The fourth-order valence-electron chi connectivity index (χ4n) is 3.23. The zero-order valence-electron chi connectivity index (χ0n) is 13.3. The first kappa shape index (κ1) is 17.3. The fourth-order valence-corrected chi connectivity index (χ4v) is 6.78. The molecule has 2 saturated heterocycles. The summed E-state index contributed by atoms with van der Waals surface area (Å²) in [5.74, 6) is 2.44. The third-order valence-electron chi connectivity index (χ3n) is 4.26. The predicted molar refractivity (Wildman–Crippen MR) is 96.9 cm³/mol. The molecule has 1 spiro atoms. The van der Waals surface area contributed by atoms with E-state index in [-0.39, 0.29) is 16.3 Å². The van der Waals surface area contributed by atoms with E-state index in [1.54, 1.807) is 0 Å². The van der Waals surface area contributed by atoms with Gasteiger partial charge in [-0.1, -0.05) is 30.3 Å². The van der Waals surface area contributed by atoms with Crippen molar-refractivity contribution < 1.29 is 14.3 Å². The van der Waals surface area contributed by atoms with Gasteiger partial charge in [0.2, 0.25) is 0 Å². The topological polar surface area (TPSA) is 35.5 Å². The highest BCUT2D eigenvalue weighted by atomic mass is 32.2. The lowest BCUT2D eigenvalue weighted by molar-refractivity contribution is -0.118. The van der Waals surface area contributed by atoms with Crippen LogP contribution in [0.15, 0.2) is 30.3 Å². The van der Waals surface area contributed by atoms with Gasteiger partial charge in [-0.15, -0.1) is 23.5 Å². The molecule has 1 aromatic rings. The maximum absolute atomic E-state index is 10.9. The van der Waals surface area contributed by atoms with Gasteiger partial charge in [0, 0.05) is 6.42 Å². The van der Waals surface area contributed by atoms with E-state index in [1.165, 1.54) is 23.5 Å². The van der Waals surface area contributed by atoms with Crippen LogP contribution in [-0.2, 0) is 20.9 Å². The molecule has 2 heterocycles. The van der Waals surface area contributed by atoms with Crippen LogP contribution in [-0.4, -0.2) is 40.7 Å². The van der Waals surface area contributed by atoms with Crippen molar-refractivity contribution in [3.63, 3.8) is 0 Å². The number of rotatable bonds is 6. The lowest BCUT2D eigenvalue weighted by Crippen LogP contribution is -2.44. The highest BCUT2D eigenvalue weighted by molar-refractivity contribution is 8.18. The van der Waals surface area contributed by atoms with Gasteiger partial charge in [-0.3, -0.25) is 0 Å². The summed E-state index contributed by atoms with van der Waals surface area (Å²) in [6, 6.07) is 10.2. The molecule has 2 atom stereocenters. The van der Waals surface area contributed by atoms with E-state index in [0.29, 0.717) is 19.6 Å². The Morgan fingerprint density at radius 2 is 1.91 bits per heavy atom. The molecule has 3 rings (SSSR count). The van der Waals surface area contributed by atoms with E-state index < -0.39 is 0 Å². The summed E-state index contributed by atoms with van der Waals surface area (Å²) in [6.45, 7) is 1.22. The van der Waals surface area contributed by atoms with Gasteiger partial charge in [-0.2, -0.15) is 0 Å². The first-order valence-corrected chi connectivity index (χ1v) is 10.3. The van der Waals surface area contributed by atoms with Crippen LogP contribution in [0, 0.1) is 0 Å². The molecular formula is C18H24O3S2. The number of benzene rings is 1. The van der Waals surface area contributed by atoms with Crippen LogP contribution in [0.2, 0.25) is 0 Å². The zero-order valence-corrected chi connectivity index (χ0v) is 14.9. The summed E-state index contributed by atoms with van der Waals surface area (Å²) in [5, 5.41) is 0. The van der Waals surface area contributed by atoms with Crippen molar-refractivity contribution in [2.45, 2.75) is 48.6 Å². The van der Waals surface area contributed by atoms with Gasteiger partial charge in [0.05, 0.1) is 29.5 Å². The Balaban J connectivity index is 1.55. The van der Waals surface area contributed by atoms with Crippen molar-refractivity contribution in [1.82, 2.24) is 0 Å². The lowest BCUT2D eigenvalue weighted by Gasteiger charge is -2.45. The number of hydrogen-bond acceptors (Lipinski definition) is 5. The normalized spacial score (nSPS) is 27.0. The van der Waals surface area contributed by atoms with Gasteiger partial charge in [0.15, 0.2) is 0 Å². The Hall–Kier alpha value is -0.490. The minimum atomic E-state index is 0.0460. The molecule has 0 amide bonds. The minimum absolute atomic E-state index is 0.0460. The number of carbonyl (C=O) groups is 1. The first-order chi connectivity index (χ1) is 11.3. The molecule has 0 saturated carbocycles. The van der Waals surface area contributed by atoms with Gasteiger partial charge < -0.3 is 14.3 Å². The standard InChI is InChI=1S/C18H24O3S2/c19-8-7-16-11-18(22-9-4-10-23-18)12-17(21-16)14-20-13-15-5-2-1-3-6-15/h1-3,5-6,8,16-17H,4,7,9-14H2/t16-,17-/m0/s1. The van der Waals surface area contributed by atoms with Crippen molar-refractivity contribution in [1.29, 1.82) is 0 Å². The molecule has 0 bridgehead atoms. The Morgan fingerprint density at radius 1 is 1.17 bits per heavy atom. The van der Waals surface area contributed by atoms with E-state index in [1.807, 2.05) is 18.2 Å². The lowest BCUT2D eigenvalue weighted by atomic mass is 10.0. The first-order valence-electron chi connectivity index (χ1n) is 8.28. The Bertz CT molecular complexity index is 488. The molecule has 0 unspecified atom stereocenters. The highest BCUT2D eigenvalue weighted by Crippen LogP contribution is 2.51. The van der Waals surface area contributed by atoms with Crippen LogP contribution in [0.1, 0.15) is 31.2 Å². The van der Waals surface area contributed by atoms with E-state index in [0.717, 1.165) is 19.1 Å². The van der Waals surface area contributed by atoms with Crippen molar-refractivity contribution in [3.8, 4) is 0 Å². The van der Waals surface area contributed by atoms with Crippen LogP contribution >= 0.6 is 23.5 Å². The Labute approximate surface area is 146 Å². The molecule has 5 heteroatoms. The Morgan fingerprint density at radius 3 is 2.65 bits per heavy atom. The summed E-state index contributed by atoms with van der Waals surface area (Å²) in [7, 11) is 0. The van der Waals surface area contributed by atoms with E-state index in [4.69, 9.17) is 9.47 Å². The maximum atomic E-state index is 10.9.